The molecule has 2 aromatic carbocycles. The lowest BCUT2D eigenvalue weighted by molar-refractivity contribution is -0.113. The first-order valence-electron chi connectivity index (χ1n) is 9.89. The van der Waals surface area contributed by atoms with Crippen molar-refractivity contribution in [3.63, 3.8) is 0 Å². The van der Waals surface area contributed by atoms with Crippen molar-refractivity contribution in [1.29, 1.82) is 5.26 Å². The molecule has 1 N–H and O–H groups in total. The molecule has 0 aromatic heterocycles. The molecular weight excluding hydrogens is 392 g/mol. The number of carbonyl (C=O) groups excluding carboxylic acids is 2. The van der Waals surface area contributed by atoms with Gasteiger partial charge in [0.1, 0.15) is 0 Å². The number of allylic oxidation sites excluding steroid dienone is 3. The second-order valence-electron chi connectivity index (χ2n) is 7.18. The number of hydrogen-bond acceptors (Lipinski definition) is 5. The molecule has 152 valence electrons. The van der Waals surface area contributed by atoms with Crippen LogP contribution in [0.4, 0.5) is 0 Å². The molecule has 0 saturated carbocycles. The lowest BCUT2D eigenvalue weighted by Gasteiger charge is -2.29. The van der Waals surface area contributed by atoms with Gasteiger partial charge in [0.2, 0.25) is 0 Å². The number of hydrogen-bond donors (Lipinski definition) is 1. The Morgan fingerprint density at radius 3 is 2.33 bits per heavy atom. The smallest absolute Gasteiger partial charge is 0.173 e. The van der Waals surface area contributed by atoms with E-state index in [4.69, 9.17) is 0 Å². The topological polar surface area (TPSA) is 70.0 Å². The molecule has 0 spiro atoms. The maximum Gasteiger partial charge on any atom is 0.173 e. The Balaban J connectivity index is 1.96. The van der Waals surface area contributed by atoms with E-state index in [-0.39, 0.29) is 17.3 Å². The van der Waals surface area contributed by atoms with Gasteiger partial charge < -0.3 is 5.32 Å². The molecular formula is C25H24N2O2S. The lowest BCUT2D eigenvalue weighted by Crippen LogP contribution is -2.27. The molecule has 2 aromatic rings. The first-order valence-corrected chi connectivity index (χ1v) is 10.9. The summed E-state index contributed by atoms with van der Waals surface area (Å²) >= 11 is 1.31. The normalized spacial score (nSPS) is 16.1. The van der Waals surface area contributed by atoms with Crippen LogP contribution in [0.25, 0.3) is 0 Å². The van der Waals surface area contributed by atoms with Gasteiger partial charge in [0.15, 0.2) is 11.6 Å². The maximum atomic E-state index is 12.5. The zero-order valence-electron chi connectivity index (χ0n) is 17.4. The number of ketones is 2. The van der Waals surface area contributed by atoms with Gasteiger partial charge in [0, 0.05) is 16.8 Å². The van der Waals surface area contributed by atoms with Crippen LogP contribution in [-0.4, -0.2) is 17.3 Å². The summed E-state index contributed by atoms with van der Waals surface area (Å²) in [6.45, 7) is 5.46. The minimum Gasteiger partial charge on any atom is -0.353 e. The summed E-state index contributed by atoms with van der Waals surface area (Å²) < 4.78 is 0. The van der Waals surface area contributed by atoms with E-state index >= 15 is 0 Å². The highest BCUT2D eigenvalue weighted by atomic mass is 32.2. The summed E-state index contributed by atoms with van der Waals surface area (Å²) in [4.78, 5) is 25.0. The predicted octanol–water partition coefficient (Wildman–Crippen LogP) is 5.15. The van der Waals surface area contributed by atoms with Gasteiger partial charge in [-0.05, 0) is 31.4 Å². The summed E-state index contributed by atoms with van der Waals surface area (Å²) in [5.74, 6) is -0.299. The van der Waals surface area contributed by atoms with E-state index in [1.807, 2.05) is 49.4 Å². The molecule has 30 heavy (non-hydrogen) atoms. The number of Topliss-reactive ketones (excluding diaryl/α,β-unsaturated/α-hetero) is 2. The van der Waals surface area contributed by atoms with Crippen molar-refractivity contribution >= 4 is 23.3 Å². The van der Waals surface area contributed by atoms with E-state index < -0.39 is 5.92 Å². The average Bonchev–Trinajstić information content (AvgIpc) is 2.77. The van der Waals surface area contributed by atoms with Crippen molar-refractivity contribution in [2.24, 2.45) is 0 Å². The Morgan fingerprint density at radius 1 is 1.10 bits per heavy atom. The summed E-state index contributed by atoms with van der Waals surface area (Å²) in [6.07, 6.45) is 0.921. The Bertz CT molecular complexity index is 1060. The zero-order chi connectivity index (χ0) is 21.7. The molecule has 4 nitrogen and oxygen atoms in total. The largest absolute Gasteiger partial charge is 0.353 e. The second-order valence-corrected chi connectivity index (χ2v) is 8.17. The monoisotopic (exact) mass is 416 g/mol. The lowest BCUT2D eigenvalue weighted by atomic mass is 9.81. The van der Waals surface area contributed by atoms with Crippen LogP contribution in [0.15, 0.2) is 76.5 Å². The van der Waals surface area contributed by atoms with Crippen molar-refractivity contribution in [3.8, 4) is 6.07 Å². The summed E-state index contributed by atoms with van der Waals surface area (Å²) in [7, 11) is 0. The van der Waals surface area contributed by atoms with Gasteiger partial charge in [0.05, 0.1) is 28.3 Å². The standard InChI is InChI=1S/C25H24N2O2S/c1-4-18-10-12-20(13-11-18)24-21(14-26)25(27-16(2)23(24)17(3)28)30-15-22(29)19-8-6-5-7-9-19/h5-13,24,27H,4,15H2,1-3H3. The molecule has 0 radical (unpaired) electrons. The summed E-state index contributed by atoms with van der Waals surface area (Å²) in [6, 6.07) is 19.4. The zero-order valence-corrected chi connectivity index (χ0v) is 18.2. The third-order valence-electron chi connectivity index (χ3n) is 5.19. The van der Waals surface area contributed by atoms with E-state index in [0.717, 1.165) is 17.7 Å². The number of carbonyl (C=O) groups is 2. The quantitative estimate of drug-likeness (QED) is 0.632. The highest BCUT2D eigenvalue weighted by Gasteiger charge is 2.33. The molecule has 0 amide bonds. The molecule has 0 aliphatic carbocycles. The minimum absolute atomic E-state index is 0.00460. The fourth-order valence-electron chi connectivity index (χ4n) is 3.62. The SMILES string of the molecule is CCc1ccc(C2C(C#N)=C(SCC(=O)c3ccccc3)NC(C)=C2C(C)=O)cc1. The van der Waals surface area contributed by atoms with Crippen LogP contribution < -0.4 is 5.32 Å². The Kier molecular flexibility index (Phi) is 6.91. The Morgan fingerprint density at radius 2 is 1.77 bits per heavy atom. The van der Waals surface area contributed by atoms with Crippen LogP contribution in [-0.2, 0) is 11.2 Å². The van der Waals surface area contributed by atoms with E-state index in [1.165, 1.54) is 24.2 Å². The van der Waals surface area contributed by atoms with Gasteiger partial charge in [-0.15, -0.1) is 0 Å². The second kappa shape index (κ2) is 9.60. The highest BCUT2D eigenvalue weighted by molar-refractivity contribution is 8.03. The number of benzene rings is 2. The fourth-order valence-corrected chi connectivity index (χ4v) is 4.60. The first-order chi connectivity index (χ1) is 14.5. The number of aryl methyl sites for hydroxylation is 1. The molecule has 5 heteroatoms. The minimum atomic E-state index is -0.436. The summed E-state index contributed by atoms with van der Waals surface area (Å²) in [5.41, 5.74) is 4.53. The molecule has 1 aliphatic heterocycles. The van der Waals surface area contributed by atoms with Gasteiger partial charge in [-0.1, -0.05) is 73.3 Å². The van der Waals surface area contributed by atoms with Gasteiger partial charge in [0.25, 0.3) is 0 Å². The molecule has 0 fully saturated rings. The van der Waals surface area contributed by atoms with Crippen LogP contribution in [0.5, 0.6) is 0 Å². The molecule has 1 heterocycles. The van der Waals surface area contributed by atoms with Crippen LogP contribution in [0.1, 0.15) is 48.2 Å². The van der Waals surface area contributed by atoms with Crippen molar-refractivity contribution in [3.05, 3.63) is 93.2 Å². The Hall–Kier alpha value is -3.10. The number of nitrogens with zero attached hydrogens (tertiary/aromatic N) is 1. The van der Waals surface area contributed by atoms with Gasteiger partial charge in [-0.3, -0.25) is 9.59 Å². The van der Waals surface area contributed by atoms with Crippen molar-refractivity contribution in [1.82, 2.24) is 5.32 Å². The molecule has 1 unspecified atom stereocenters. The predicted molar refractivity (Wildman–Crippen MR) is 121 cm³/mol. The molecule has 0 bridgehead atoms. The molecule has 1 aliphatic rings. The molecule has 0 saturated heterocycles. The third kappa shape index (κ3) is 4.55. The number of dihydropyridines is 1. The van der Waals surface area contributed by atoms with Gasteiger partial charge >= 0.3 is 0 Å². The average molecular weight is 417 g/mol. The van der Waals surface area contributed by atoms with Crippen LogP contribution in [0, 0.1) is 11.3 Å². The van der Waals surface area contributed by atoms with Gasteiger partial charge in [-0.25, -0.2) is 0 Å². The van der Waals surface area contributed by atoms with Crippen molar-refractivity contribution in [2.75, 3.05) is 5.75 Å². The highest BCUT2D eigenvalue weighted by Crippen LogP contribution is 2.41. The number of nitrogens with one attached hydrogen (secondary N) is 1. The van der Waals surface area contributed by atoms with E-state index in [1.54, 1.807) is 12.1 Å². The van der Waals surface area contributed by atoms with Gasteiger partial charge in [-0.2, -0.15) is 5.26 Å². The maximum absolute atomic E-state index is 12.5. The van der Waals surface area contributed by atoms with Crippen LogP contribution in [0.2, 0.25) is 0 Å². The number of thioether (sulfide) groups is 1. The molecule has 3 rings (SSSR count). The van der Waals surface area contributed by atoms with Crippen LogP contribution >= 0.6 is 11.8 Å². The number of rotatable bonds is 7. The fraction of sp³-hybridized carbons (Fsp3) is 0.240. The number of nitriles is 1. The summed E-state index contributed by atoms with van der Waals surface area (Å²) in [5, 5.41) is 13.8. The Labute approximate surface area is 181 Å². The van der Waals surface area contributed by atoms with E-state index in [2.05, 4.69) is 18.3 Å². The van der Waals surface area contributed by atoms with Crippen molar-refractivity contribution in [2.45, 2.75) is 33.1 Å². The van der Waals surface area contributed by atoms with E-state index in [0.29, 0.717) is 21.7 Å². The molecule has 1 atom stereocenters. The van der Waals surface area contributed by atoms with E-state index in [9.17, 15) is 14.9 Å². The first kappa shape index (κ1) is 21.6. The van der Waals surface area contributed by atoms with Crippen LogP contribution in [0.3, 0.4) is 0 Å². The van der Waals surface area contributed by atoms with Crippen molar-refractivity contribution < 1.29 is 9.59 Å². The third-order valence-corrected chi connectivity index (χ3v) is 6.21.